The first-order valence-corrected chi connectivity index (χ1v) is 7.55. The molecule has 0 saturated heterocycles. The number of nitrogens with zero attached hydrogens (tertiary/aromatic N) is 2. The second-order valence-corrected chi connectivity index (χ2v) is 5.46. The van der Waals surface area contributed by atoms with Crippen molar-refractivity contribution in [3.8, 4) is 17.1 Å². The smallest absolute Gasteiger partial charge is 0.316 e. The van der Waals surface area contributed by atoms with E-state index >= 15 is 0 Å². The number of rotatable bonds is 4. The highest BCUT2D eigenvalue weighted by Crippen LogP contribution is 2.21. The zero-order valence-electron chi connectivity index (χ0n) is 12.5. The molecule has 0 unspecified atom stereocenters. The SMILES string of the molecule is COc1cccc(-c2noc(C(=O)NC3CCCCC3)n2)c1. The zero-order valence-corrected chi connectivity index (χ0v) is 12.5. The van der Waals surface area contributed by atoms with E-state index in [1.165, 1.54) is 6.42 Å². The van der Waals surface area contributed by atoms with Crippen molar-refractivity contribution in [3.63, 3.8) is 0 Å². The minimum atomic E-state index is -0.298. The Hall–Kier alpha value is -2.37. The summed E-state index contributed by atoms with van der Waals surface area (Å²) in [6.45, 7) is 0. The molecule has 6 heteroatoms. The first kappa shape index (κ1) is 14.6. The Morgan fingerprint density at radius 2 is 2.14 bits per heavy atom. The van der Waals surface area contributed by atoms with Crippen LogP contribution in [0.3, 0.4) is 0 Å². The Labute approximate surface area is 128 Å². The van der Waals surface area contributed by atoms with Gasteiger partial charge in [-0.3, -0.25) is 4.79 Å². The van der Waals surface area contributed by atoms with Gasteiger partial charge >= 0.3 is 11.8 Å². The predicted molar refractivity (Wildman–Crippen MR) is 80.6 cm³/mol. The van der Waals surface area contributed by atoms with Crippen LogP contribution in [0.4, 0.5) is 0 Å². The van der Waals surface area contributed by atoms with Crippen molar-refractivity contribution in [3.05, 3.63) is 30.2 Å². The Balaban J connectivity index is 1.70. The molecule has 0 atom stereocenters. The fourth-order valence-electron chi connectivity index (χ4n) is 2.69. The van der Waals surface area contributed by atoms with E-state index in [9.17, 15) is 4.79 Å². The summed E-state index contributed by atoms with van der Waals surface area (Å²) >= 11 is 0. The lowest BCUT2D eigenvalue weighted by atomic mass is 9.95. The average molecular weight is 301 g/mol. The number of amides is 1. The van der Waals surface area contributed by atoms with E-state index in [-0.39, 0.29) is 17.8 Å². The van der Waals surface area contributed by atoms with Gasteiger partial charge in [-0.2, -0.15) is 4.98 Å². The van der Waals surface area contributed by atoms with Gasteiger partial charge in [-0.1, -0.05) is 36.6 Å². The molecule has 3 rings (SSSR count). The van der Waals surface area contributed by atoms with Gasteiger partial charge in [-0.05, 0) is 25.0 Å². The fourth-order valence-corrected chi connectivity index (χ4v) is 2.69. The van der Waals surface area contributed by atoms with Crippen LogP contribution in [-0.2, 0) is 0 Å². The van der Waals surface area contributed by atoms with Crippen LogP contribution < -0.4 is 10.1 Å². The van der Waals surface area contributed by atoms with Gasteiger partial charge in [0.15, 0.2) is 0 Å². The van der Waals surface area contributed by atoms with Crippen LogP contribution in [0.15, 0.2) is 28.8 Å². The molecule has 6 nitrogen and oxygen atoms in total. The summed E-state index contributed by atoms with van der Waals surface area (Å²) in [5.74, 6) is 0.792. The molecule has 1 fully saturated rings. The number of nitrogens with one attached hydrogen (secondary N) is 1. The van der Waals surface area contributed by atoms with Crippen LogP contribution in [0.25, 0.3) is 11.4 Å². The summed E-state index contributed by atoms with van der Waals surface area (Å²) in [4.78, 5) is 16.3. The van der Waals surface area contributed by atoms with E-state index in [2.05, 4.69) is 15.5 Å². The van der Waals surface area contributed by atoms with Crippen molar-refractivity contribution in [1.82, 2.24) is 15.5 Å². The molecular formula is C16H19N3O3. The lowest BCUT2D eigenvalue weighted by Gasteiger charge is -2.21. The summed E-state index contributed by atoms with van der Waals surface area (Å²) in [6.07, 6.45) is 5.59. The normalized spacial score (nSPS) is 15.5. The van der Waals surface area contributed by atoms with Gasteiger partial charge in [0.2, 0.25) is 5.82 Å². The first-order valence-electron chi connectivity index (χ1n) is 7.55. The highest BCUT2D eigenvalue weighted by atomic mass is 16.5. The van der Waals surface area contributed by atoms with Crippen molar-refractivity contribution >= 4 is 5.91 Å². The van der Waals surface area contributed by atoms with Crippen molar-refractivity contribution in [1.29, 1.82) is 0 Å². The second kappa shape index (κ2) is 6.60. The first-order chi connectivity index (χ1) is 10.8. The van der Waals surface area contributed by atoms with E-state index < -0.39 is 0 Å². The Kier molecular flexibility index (Phi) is 4.37. The van der Waals surface area contributed by atoms with Crippen LogP contribution in [0.1, 0.15) is 42.8 Å². The number of hydrogen-bond donors (Lipinski definition) is 1. The second-order valence-electron chi connectivity index (χ2n) is 5.46. The van der Waals surface area contributed by atoms with E-state index in [1.54, 1.807) is 13.2 Å². The third kappa shape index (κ3) is 3.27. The topological polar surface area (TPSA) is 77.2 Å². The molecule has 1 aromatic heterocycles. The number of benzene rings is 1. The molecule has 0 aliphatic heterocycles. The maximum Gasteiger partial charge on any atom is 0.316 e. The summed E-state index contributed by atoms with van der Waals surface area (Å²) in [5, 5.41) is 6.84. The molecule has 2 aromatic rings. The zero-order chi connectivity index (χ0) is 15.4. The predicted octanol–water partition coefficient (Wildman–Crippen LogP) is 2.81. The highest BCUT2D eigenvalue weighted by Gasteiger charge is 2.21. The van der Waals surface area contributed by atoms with Crippen molar-refractivity contribution in [2.45, 2.75) is 38.1 Å². The van der Waals surface area contributed by atoms with Gasteiger partial charge in [0.25, 0.3) is 0 Å². The van der Waals surface area contributed by atoms with Gasteiger partial charge in [0.05, 0.1) is 7.11 Å². The molecule has 1 aliphatic rings. The standard InChI is InChI=1S/C16H19N3O3/c1-21-13-9-5-6-11(10-13)14-18-16(22-19-14)15(20)17-12-7-3-2-4-8-12/h5-6,9-10,12H,2-4,7-8H2,1H3,(H,17,20). The van der Waals surface area contributed by atoms with Gasteiger partial charge in [-0.25, -0.2) is 0 Å². The molecule has 1 N–H and O–H groups in total. The van der Waals surface area contributed by atoms with Crippen LogP contribution >= 0.6 is 0 Å². The third-order valence-corrected chi connectivity index (χ3v) is 3.89. The molecule has 1 saturated carbocycles. The number of hydrogen-bond acceptors (Lipinski definition) is 5. The van der Waals surface area contributed by atoms with Crippen molar-refractivity contribution in [2.75, 3.05) is 7.11 Å². The summed E-state index contributed by atoms with van der Waals surface area (Å²) in [5.41, 5.74) is 0.750. The van der Waals surface area contributed by atoms with Crippen molar-refractivity contribution in [2.24, 2.45) is 0 Å². The Bertz CT molecular complexity index is 648. The van der Waals surface area contributed by atoms with Crippen molar-refractivity contribution < 1.29 is 14.1 Å². The molecule has 22 heavy (non-hydrogen) atoms. The molecule has 1 aromatic carbocycles. The summed E-state index contributed by atoms with van der Waals surface area (Å²) in [6, 6.07) is 7.53. The van der Waals surface area contributed by atoms with E-state index in [1.807, 2.05) is 18.2 Å². The largest absolute Gasteiger partial charge is 0.497 e. The van der Waals surface area contributed by atoms with Gasteiger partial charge < -0.3 is 14.6 Å². The van der Waals surface area contributed by atoms with E-state index in [4.69, 9.17) is 9.26 Å². The van der Waals surface area contributed by atoms with Gasteiger partial charge in [0, 0.05) is 11.6 Å². The van der Waals surface area contributed by atoms with E-state index in [0.29, 0.717) is 11.6 Å². The molecule has 1 heterocycles. The van der Waals surface area contributed by atoms with Gasteiger partial charge in [0.1, 0.15) is 5.75 Å². The number of methoxy groups -OCH3 is 1. The van der Waals surface area contributed by atoms with Crippen LogP contribution in [0.2, 0.25) is 0 Å². The minimum Gasteiger partial charge on any atom is -0.497 e. The maximum atomic E-state index is 12.1. The number of carbonyl (C=O) groups excluding carboxylic acids is 1. The fraction of sp³-hybridized carbons (Fsp3) is 0.438. The Morgan fingerprint density at radius 3 is 2.91 bits per heavy atom. The Morgan fingerprint density at radius 1 is 1.32 bits per heavy atom. The monoisotopic (exact) mass is 301 g/mol. The molecular weight excluding hydrogens is 282 g/mol. The highest BCUT2D eigenvalue weighted by molar-refractivity contribution is 5.90. The lowest BCUT2D eigenvalue weighted by Crippen LogP contribution is -2.36. The molecule has 1 amide bonds. The maximum absolute atomic E-state index is 12.1. The summed E-state index contributed by atoms with van der Waals surface area (Å²) < 4.78 is 10.2. The molecule has 0 bridgehead atoms. The average Bonchev–Trinajstić information content (AvgIpc) is 3.06. The van der Waals surface area contributed by atoms with Gasteiger partial charge in [-0.15, -0.1) is 0 Å². The minimum absolute atomic E-state index is 0.00314. The molecule has 116 valence electrons. The number of aromatic nitrogens is 2. The molecule has 0 radical (unpaired) electrons. The third-order valence-electron chi connectivity index (χ3n) is 3.89. The van der Waals surface area contributed by atoms with Crippen LogP contribution in [-0.4, -0.2) is 29.2 Å². The van der Waals surface area contributed by atoms with Crippen LogP contribution in [0, 0.1) is 0 Å². The molecule has 0 spiro atoms. The number of ether oxygens (including phenoxy) is 1. The summed E-state index contributed by atoms with van der Waals surface area (Å²) in [7, 11) is 1.60. The van der Waals surface area contributed by atoms with Crippen LogP contribution in [0.5, 0.6) is 5.75 Å². The lowest BCUT2D eigenvalue weighted by molar-refractivity contribution is 0.0883. The van der Waals surface area contributed by atoms with E-state index in [0.717, 1.165) is 31.2 Å². The quantitative estimate of drug-likeness (QED) is 0.939. The number of carbonyl (C=O) groups is 1. The molecule has 1 aliphatic carbocycles.